The molecule has 100 valence electrons. The third-order valence-electron chi connectivity index (χ3n) is 3.39. The van der Waals surface area contributed by atoms with E-state index >= 15 is 0 Å². The number of hydrogen-bond donors (Lipinski definition) is 1. The second-order valence-electron chi connectivity index (χ2n) is 4.66. The second kappa shape index (κ2) is 5.95. The molecule has 2 aromatic rings. The molecule has 0 atom stereocenters. The fourth-order valence-corrected chi connectivity index (χ4v) is 2.32. The average Bonchev–Trinajstić information content (AvgIpc) is 2.49. The highest BCUT2D eigenvalue weighted by molar-refractivity contribution is 5.90. The van der Waals surface area contributed by atoms with Gasteiger partial charge in [-0.1, -0.05) is 24.3 Å². The number of anilines is 1. The number of morpholine rings is 1. The van der Waals surface area contributed by atoms with Gasteiger partial charge in [0.25, 0.3) is 0 Å². The number of nitrogens with one attached hydrogen (secondary N) is 1. The van der Waals surface area contributed by atoms with Gasteiger partial charge >= 0.3 is 0 Å². The van der Waals surface area contributed by atoms with Gasteiger partial charge in [0.1, 0.15) is 0 Å². The molecule has 0 unspecified atom stereocenters. The normalized spacial score (nSPS) is 16.6. The van der Waals surface area contributed by atoms with Crippen LogP contribution in [0.2, 0.25) is 0 Å². The molecule has 3 rings (SSSR count). The van der Waals surface area contributed by atoms with Crippen molar-refractivity contribution in [2.75, 3.05) is 44.7 Å². The van der Waals surface area contributed by atoms with Crippen molar-refractivity contribution in [2.24, 2.45) is 0 Å². The van der Waals surface area contributed by atoms with E-state index in [4.69, 9.17) is 4.74 Å². The quantitative estimate of drug-likeness (QED) is 0.897. The van der Waals surface area contributed by atoms with E-state index < -0.39 is 0 Å². The zero-order chi connectivity index (χ0) is 12.9. The van der Waals surface area contributed by atoms with Gasteiger partial charge in [-0.15, -0.1) is 5.10 Å². The van der Waals surface area contributed by atoms with Gasteiger partial charge in [-0.25, -0.2) is 0 Å². The molecule has 5 nitrogen and oxygen atoms in total. The van der Waals surface area contributed by atoms with Crippen LogP contribution >= 0.6 is 0 Å². The number of rotatable bonds is 4. The predicted molar refractivity (Wildman–Crippen MR) is 75.3 cm³/mol. The first kappa shape index (κ1) is 12.3. The molecule has 2 heterocycles. The molecule has 0 spiro atoms. The van der Waals surface area contributed by atoms with E-state index in [2.05, 4.69) is 32.5 Å². The van der Waals surface area contributed by atoms with Crippen LogP contribution in [0.1, 0.15) is 0 Å². The lowest BCUT2D eigenvalue weighted by molar-refractivity contribution is 0.0398. The van der Waals surface area contributed by atoms with Crippen molar-refractivity contribution in [2.45, 2.75) is 0 Å². The maximum Gasteiger partial charge on any atom is 0.156 e. The van der Waals surface area contributed by atoms with E-state index in [1.807, 2.05) is 12.1 Å². The van der Waals surface area contributed by atoms with E-state index in [0.717, 1.165) is 56.0 Å². The minimum absolute atomic E-state index is 0.841. The van der Waals surface area contributed by atoms with E-state index in [1.165, 1.54) is 0 Å². The Morgan fingerprint density at radius 1 is 1.21 bits per heavy atom. The standard InChI is InChI=1S/C14H18N4O/c1-2-4-13-12(3-1)11-16-17-14(13)15-5-6-18-7-9-19-10-8-18/h1-4,11H,5-10H2,(H,15,17). The van der Waals surface area contributed by atoms with Gasteiger partial charge in [0, 0.05) is 37.0 Å². The Labute approximate surface area is 112 Å². The molecular weight excluding hydrogens is 240 g/mol. The maximum absolute atomic E-state index is 5.34. The topological polar surface area (TPSA) is 50.3 Å². The van der Waals surface area contributed by atoms with Crippen molar-refractivity contribution in [1.29, 1.82) is 0 Å². The third kappa shape index (κ3) is 3.00. The van der Waals surface area contributed by atoms with Crippen LogP contribution in [0.4, 0.5) is 5.82 Å². The zero-order valence-corrected chi connectivity index (χ0v) is 10.9. The summed E-state index contributed by atoms with van der Waals surface area (Å²) in [6.07, 6.45) is 1.79. The Bertz CT molecular complexity index is 534. The van der Waals surface area contributed by atoms with Crippen molar-refractivity contribution in [3.8, 4) is 0 Å². The molecule has 1 aliphatic rings. The third-order valence-corrected chi connectivity index (χ3v) is 3.39. The van der Waals surface area contributed by atoms with Crippen LogP contribution in [0.3, 0.4) is 0 Å². The zero-order valence-electron chi connectivity index (χ0n) is 10.9. The largest absolute Gasteiger partial charge is 0.379 e. The molecule has 1 aromatic carbocycles. The number of benzene rings is 1. The van der Waals surface area contributed by atoms with Gasteiger partial charge in [-0.2, -0.15) is 5.10 Å². The summed E-state index contributed by atoms with van der Waals surface area (Å²) in [5.74, 6) is 0.867. The Balaban J connectivity index is 1.62. The Morgan fingerprint density at radius 2 is 2.05 bits per heavy atom. The molecule has 0 amide bonds. The smallest absolute Gasteiger partial charge is 0.156 e. The van der Waals surface area contributed by atoms with Crippen molar-refractivity contribution < 1.29 is 4.74 Å². The van der Waals surface area contributed by atoms with E-state index in [1.54, 1.807) is 6.20 Å². The van der Waals surface area contributed by atoms with Crippen LogP contribution in [0.5, 0.6) is 0 Å². The van der Waals surface area contributed by atoms with Crippen LogP contribution in [0.25, 0.3) is 10.8 Å². The summed E-state index contributed by atoms with van der Waals surface area (Å²) < 4.78 is 5.34. The van der Waals surface area contributed by atoms with Crippen LogP contribution in [0.15, 0.2) is 30.5 Å². The summed E-state index contributed by atoms with van der Waals surface area (Å²) in [5.41, 5.74) is 0. The number of aromatic nitrogens is 2. The Hall–Kier alpha value is -1.72. The molecule has 0 aliphatic carbocycles. The van der Waals surface area contributed by atoms with E-state index in [-0.39, 0.29) is 0 Å². The van der Waals surface area contributed by atoms with E-state index in [9.17, 15) is 0 Å². The SMILES string of the molecule is c1ccc2c(NCCN3CCOCC3)nncc2c1. The first-order valence-electron chi connectivity index (χ1n) is 6.68. The van der Waals surface area contributed by atoms with Gasteiger partial charge in [-0.3, -0.25) is 4.90 Å². The van der Waals surface area contributed by atoms with Gasteiger partial charge in [0.2, 0.25) is 0 Å². The van der Waals surface area contributed by atoms with Crippen molar-refractivity contribution in [3.63, 3.8) is 0 Å². The molecular formula is C14H18N4O. The minimum atomic E-state index is 0.841. The van der Waals surface area contributed by atoms with Gasteiger partial charge in [0.15, 0.2) is 5.82 Å². The fraction of sp³-hybridized carbons (Fsp3) is 0.429. The summed E-state index contributed by atoms with van der Waals surface area (Å²) in [5, 5.41) is 13.8. The highest BCUT2D eigenvalue weighted by atomic mass is 16.5. The van der Waals surface area contributed by atoms with Crippen molar-refractivity contribution in [3.05, 3.63) is 30.5 Å². The van der Waals surface area contributed by atoms with Crippen molar-refractivity contribution in [1.82, 2.24) is 15.1 Å². The molecule has 1 saturated heterocycles. The second-order valence-corrected chi connectivity index (χ2v) is 4.66. The first-order valence-corrected chi connectivity index (χ1v) is 6.68. The van der Waals surface area contributed by atoms with Gasteiger partial charge in [-0.05, 0) is 0 Å². The van der Waals surface area contributed by atoms with Gasteiger partial charge in [0.05, 0.1) is 19.4 Å². The Kier molecular flexibility index (Phi) is 3.86. The molecule has 5 heteroatoms. The first-order chi connectivity index (χ1) is 9.43. The molecule has 1 fully saturated rings. The maximum atomic E-state index is 5.34. The summed E-state index contributed by atoms with van der Waals surface area (Å²) in [6.45, 7) is 5.60. The van der Waals surface area contributed by atoms with Crippen LogP contribution in [-0.2, 0) is 4.74 Å². The Morgan fingerprint density at radius 3 is 2.95 bits per heavy atom. The fourth-order valence-electron chi connectivity index (χ4n) is 2.32. The average molecular weight is 258 g/mol. The molecule has 0 saturated carbocycles. The highest BCUT2D eigenvalue weighted by Gasteiger charge is 2.09. The minimum Gasteiger partial charge on any atom is -0.379 e. The van der Waals surface area contributed by atoms with Crippen LogP contribution < -0.4 is 5.32 Å². The number of fused-ring (bicyclic) bond motifs is 1. The molecule has 0 bridgehead atoms. The molecule has 19 heavy (non-hydrogen) atoms. The molecule has 0 radical (unpaired) electrons. The molecule has 1 N–H and O–H groups in total. The lowest BCUT2D eigenvalue weighted by Gasteiger charge is -2.26. The lowest BCUT2D eigenvalue weighted by atomic mass is 10.2. The highest BCUT2D eigenvalue weighted by Crippen LogP contribution is 2.18. The summed E-state index contributed by atoms with van der Waals surface area (Å²) in [4.78, 5) is 2.40. The molecule has 1 aromatic heterocycles. The van der Waals surface area contributed by atoms with E-state index in [0.29, 0.717) is 0 Å². The number of ether oxygens (including phenoxy) is 1. The number of nitrogens with zero attached hydrogens (tertiary/aromatic N) is 3. The summed E-state index contributed by atoms with van der Waals surface area (Å²) in [7, 11) is 0. The molecule has 1 aliphatic heterocycles. The monoisotopic (exact) mass is 258 g/mol. The van der Waals surface area contributed by atoms with Crippen LogP contribution in [0, 0.1) is 0 Å². The predicted octanol–water partition coefficient (Wildman–Crippen LogP) is 1.37. The lowest BCUT2D eigenvalue weighted by Crippen LogP contribution is -2.39. The number of hydrogen-bond acceptors (Lipinski definition) is 5. The summed E-state index contributed by atoms with van der Waals surface area (Å²) in [6, 6.07) is 8.16. The van der Waals surface area contributed by atoms with Crippen LogP contribution in [-0.4, -0.2) is 54.5 Å². The summed E-state index contributed by atoms with van der Waals surface area (Å²) >= 11 is 0. The van der Waals surface area contributed by atoms with Crippen molar-refractivity contribution >= 4 is 16.6 Å². The van der Waals surface area contributed by atoms with Gasteiger partial charge < -0.3 is 10.1 Å².